The van der Waals surface area contributed by atoms with Gasteiger partial charge >= 0.3 is 0 Å². The molecule has 0 aliphatic heterocycles. The van der Waals surface area contributed by atoms with Gasteiger partial charge in [0.2, 0.25) is 0 Å². The second kappa shape index (κ2) is 6.02. The lowest BCUT2D eigenvalue weighted by Crippen LogP contribution is -2.18. The van der Waals surface area contributed by atoms with Crippen LogP contribution in [0.25, 0.3) is 0 Å². The Morgan fingerprint density at radius 1 is 1.42 bits per heavy atom. The first-order chi connectivity index (χ1) is 9.15. The van der Waals surface area contributed by atoms with Gasteiger partial charge in [0.1, 0.15) is 5.69 Å². The second-order valence-corrected chi connectivity index (χ2v) is 4.79. The lowest BCUT2D eigenvalue weighted by atomic mass is 10.2. The van der Waals surface area contributed by atoms with Crippen LogP contribution in [0.5, 0.6) is 0 Å². The molecule has 0 atom stereocenters. The molecule has 0 fully saturated rings. The van der Waals surface area contributed by atoms with Gasteiger partial charge in [-0.15, -0.1) is 0 Å². The molecule has 1 heterocycles. The van der Waals surface area contributed by atoms with Crippen LogP contribution in [0, 0.1) is 6.92 Å². The number of hydrogen-bond acceptors (Lipinski definition) is 2. The van der Waals surface area contributed by atoms with E-state index >= 15 is 0 Å². The van der Waals surface area contributed by atoms with Crippen molar-refractivity contribution in [2.75, 3.05) is 5.32 Å². The van der Waals surface area contributed by atoms with Crippen molar-refractivity contribution in [1.29, 1.82) is 0 Å². The minimum absolute atomic E-state index is 0.129. The summed E-state index contributed by atoms with van der Waals surface area (Å²) in [5.74, 6) is -0.129. The first-order valence-corrected chi connectivity index (χ1v) is 7.27. The third-order valence-electron chi connectivity index (χ3n) is 2.84. The molecular formula is C14H16BrN3O. The number of amides is 1. The number of rotatable bonds is 4. The maximum atomic E-state index is 12.3. The molecule has 100 valence electrons. The van der Waals surface area contributed by atoms with Crippen molar-refractivity contribution in [3.05, 3.63) is 47.3 Å². The van der Waals surface area contributed by atoms with Crippen LogP contribution in [0.3, 0.4) is 0 Å². The standard InChI is InChI=1S/C14H16BrN3O/c1-3-18-13(8-10(2)17-18)14(19)16-12-7-5-4-6-11(12)9-15/h4-8H,3,9H2,1-2H3,(H,16,19). The van der Waals surface area contributed by atoms with Crippen LogP contribution in [0.2, 0.25) is 0 Å². The van der Waals surface area contributed by atoms with Crippen LogP contribution in [-0.4, -0.2) is 15.7 Å². The van der Waals surface area contributed by atoms with Gasteiger partial charge in [-0.25, -0.2) is 0 Å². The highest BCUT2D eigenvalue weighted by Gasteiger charge is 2.14. The van der Waals surface area contributed by atoms with Crippen molar-refractivity contribution in [1.82, 2.24) is 9.78 Å². The summed E-state index contributed by atoms with van der Waals surface area (Å²) in [5, 5.41) is 7.92. The molecule has 0 saturated carbocycles. The Bertz CT molecular complexity index is 592. The largest absolute Gasteiger partial charge is 0.320 e. The van der Waals surface area contributed by atoms with Crippen molar-refractivity contribution >= 4 is 27.5 Å². The Kier molecular flexibility index (Phi) is 4.37. The zero-order valence-electron chi connectivity index (χ0n) is 11.0. The fraction of sp³-hybridized carbons (Fsp3) is 0.286. The number of anilines is 1. The van der Waals surface area contributed by atoms with Crippen LogP contribution in [0.1, 0.15) is 28.7 Å². The van der Waals surface area contributed by atoms with E-state index in [1.165, 1.54) is 0 Å². The first kappa shape index (κ1) is 13.8. The van der Waals surface area contributed by atoms with Crippen molar-refractivity contribution in [3.63, 3.8) is 0 Å². The predicted molar refractivity (Wildman–Crippen MR) is 79.7 cm³/mol. The summed E-state index contributed by atoms with van der Waals surface area (Å²) < 4.78 is 1.71. The smallest absolute Gasteiger partial charge is 0.273 e. The Balaban J connectivity index is 2.25. The summed E-state index contributed by atoms with van der Waals surface area (Å²) in [6, 6.07) is 9.53. The van der Waals surface area contributed by atoms with E-state index in [2.05, 4.69) is 26.3 Å². The highest BCUT2D eigenvalue weighted by atomic mass is 79.9. The van der Waals surface area contributed by atoms with Crippen molar-refractivity contribution in [2.45, 2.75) is 25.7 Å². The maximum absolute atomic E-state index is 12.3. The molecule has 0 radical (unpaired) electrons. The molecule has 1 N–H and O–H groups in total. The molecule has 1 aromatic carbocycles. The lowest BCUT2D eigenvalue weighted by molar-refractivity contribution is 0.101. The fourth-order valence-corrected chi connectivity index (χ4v) is 2.40. The molecule has 0 aliphatic carbocycles. The molecule has 4 nitrogen and oxygen atoms in total. The highest BCUT2D eigenvalue weighted by Crippen LogP contribution is 2.19. The van der Waals surface area contributed by atoms with E-state index in [1.807, 2.05) is 38.1 Å². The Morgan fingerprint density at radius 2 is 2.16 bits per heavy atom. The van der Waals surface area contributed by atoms with E-state index in [0.717, 1.165) is 16.9 Å². The van der Waals surface area contributed by atoms with Crippen molar-refractivity contribution in [2.24, 2.45) is 0 Å². The molecule has 0 spiro atoms. The summed E-state index contributed by atoms with van der Waals surface area (Å²) in [7, 11) is 0. The van der Waals surface area contributed by atoms with E-state index in [4.69, 9.17) is 0 Å². The summed E-state index contributed by atoms with van der Waals surface area (Å²) in [5.41, 5.74) is 3.31. The van der Waals surface area contributed by atoms with Crippen LogP contribution in [0.4, 0.5) is 5.69 Å². The molecule has 2 rings (SSSR count). The number of aryl methyl sites for hydroxylation is 2. The number of halogens is 1. The Morgan fingerprint density at radius 3 is 2.84 bits per heavy atom. The molecule has 5 heteroatoms. The van der Waals surface area contributed by atoms with E-state index < -0.39 is 0 Å². The molecule has 19 heavy (non-hydrogen) atoms. The Hall–Kier alpha value is -1.62. The van der Waals surface area contributed by atoms with E-state index in [0.29, 0.717) is 17.6 Å². The zero-order valence-corrected chi connectivity index (χ0v) is 12.6. The van der Waals surface area contributed by atoms with E-state index in [9.17, 15) is 4.79 Å². The van der Waals surface area contributed by atoms with Crippen LogP contribution < -0.4 is 5.32 Å². The summed E-state index contributed by atoms with van der Waals surface area (Å²) in [6.45, 7) is 4.53. The minimum Gasteiger partial charge on any atom is -0.320 e. The molecule has 0 bridgehead atoms. The van der Waals surface area contributed by atoms with Gasteiger partial charge in [-0.1, -0.05) is 34.1 Å². The number of carbonyl (C=O) groups excluding carboxylic acids is 1. The SMILES string of the molecule is CCn1nc(C)cc1C(=O)Nc1ccccc1CBr. The third kappa shape index (κ3) is 3.04. The van der Waals surface area contributed by atoms with Crippen molar-refractivity contribution in [3.8, 4) is 0 Å². The van der Waals surface area contributed by atoms with Gasteiger partial charge in [-0.2, -0.15) is 5.10 Å². The van der Waals surface area contributed by atoms with E-state index in [-0.39, 0.29) is 5.91 Å². The number of para-hydroxylation sites is 1. The highest BCUT2D eigenvalue weighted by molar-refractivity contribution is 9.08. The van der Waals surface area contributed by atoms with Gasteiger partial charge in [0, 0.05) is 17.6 Å². The van der Waals surface area contributed by atoms with Gasteiger partial charge in [0.15, 0.2) is 0 Å². The van der Waals surface area contributed by atoms with Gasteiger partial charge in [0.25, 0.3) is 5.91 Å². The van der Waals surface area contributed by atoms with E-state index in [1.54, 1.807) is 10.7 Å². The Labute approximate surface area is 120 Å². The average Bonchev–Trinajstić information content (AvgIpc) is 2.80. The fourth-order valence-electron chi connectivity index (χ4n) is 1.91. The lowest BCUT2D eigenvalue weighted by Gasteiger charge is -2.09. The number of hydrogen-bond donors (Lipinski definition) is 1. The summed E-state index contributed by atoms with van der Waals surface area (Å²) in [6.07, 6.45) is 0. The van der Waals surface area contributed by atoms with Crippen LogP contribution in [-0.2, 0) is 11.9 Å². The quantitative estimate of drug-likeness (QED) is 0.878. The van der Waals surface area contributed by atoms with Crippen molar-refractivity contribution < 1.29 is 4.79 Å². The van der Waals surface area contributed by atoms with Gasteiger partial charge in [-0.3, -0.25) is 9.48 Å². The molecule has 0 aliphatic rings. The number of aromatic nitrogens is 2. The molecule has 1 amide bonds. The first-order valence-electron chi connectivity index (χ1n) is 6.15. The maximum Gasteiger partial charge on any atom is 0.273 e. The third-order valence-corrected chi connectivity index (χ3v) is 3.45. The number of alkyl halides is 1. The molecular weight excluding hydrogens is 306 g/mol. The van der Waals surface area contributed by atoms with Gasteiger partial charge in [-0.05, 0) is 31.5 Å². The predicted octanol–water partition coefficient (Wildman–Crippen LogP) is 3.36. The zero-order chi connectivity index (χ0) is 13.8. The van der Waals surface area contributed by atoms with Crippen LogP contribution >= 0.6 is 15.9 Å². The topological polar surface area (TPSA) is 46.9 Å². The number of carbonyl (C=O) groups is 1. The average molecular weight is 322 g/mol. The van der Waals surface area contributed by atoms with Crippen LogP contribution in [0.15, 0.2) is 30.3 Å². The number of nitrogens with zero attached hydrogens (tertiary/aromatic N) is 2. The second-order valence-electron chi connectivity index (χ2n) is 4.23. The molecule has 0 unspecified atom stereocenters. The van der Waals surface area contributed by atoms with Gasteiger partial charge in [0.05, 0.1) is 5.69 Å². The molecule has 2 aromatic rings. The summed E-state index contributed by atoms with van der Waals surface area (Å²) in [4.78, 5) is 12.3. The monoisotopic (exact) mass is 321 g/mol. The van der Waals surface area contributed by atoms with Gasteiger partial charge < -0.3 is 5.32 Å². The molecule has 0 saturated heterocycles. The number of nitrogens with one attached hydrogen (secondary N) is 1. The normalized spacial score (nSPS) is 10.5. The molecule has 1 aromatic heterocycles. The number of benzene rings is 1. The minimum atomic E-state index is -0.129. The summed E-state index contributed by atoms with van der Waals surface area (Å²) >= 11 is 3.42.